The third-order valence-electron chi connectivity index (χ3n) is 8.01. The number of nitrogens with zero attached hydrogens (tertiary/aromatic N) is 3. The Balaban J connectivity index is 1.42. The smallest absolute Gasteiger partial charge is 0.338 e. The Morgan fingerprint density at radius 3 is 2.48 bits per heavy atom. The fraction of sp³-hybridized carbons (Fsp3) is 0.278. The minimum Gasteiger partial charge on any atom is -0.493 e. The molecule has 0 aliphatic carbocycles. The summed E-state index contributed by atoms with van der Waals surface area (Å²) in [6.45, 7) is 3.90. The first-order chi connectivity index (χ1) is 23.4. The van der Waals surface area contributed by atoms with Crippen LogP contribution in [0.15, 0.2) is 93.1 Å². The number of esters is 1. The highest BCUT2D eigenvalue weighted by Crippen LogP contribution is 2.36. The maximum absolute atomic E-state index is 14.2. The van der Waals surface area contributed by atoms with Gasteiger partial charge in [-0.2, -0.15) is 0 Å². The van der Waals surface area contributed by atoms with E-state index in [0.717, 1.165) is 16.0 Å². The molecule has 2 aliphatic heterocycles. The van der Waals surface area contributed by atoms with Crippen molar-refractivity contribution in [2.45, 2.75) is 17.9 Å². The van der Waals surface area contributed by atoms with E-state index < -0.39 is 12.0 Å². The minimum atomic E-state index is -0.761. The molecular formula is C36H35N3O7S2. The number of ether oxygens (including phenoxy) is 4. The number of fused-ring (bicyclic) bond motifs is 1. The zero-order chi connectivity index (χ0) is 33.6. The highest BCUT2D eigenvalue weighted by Gasteiger charge is 2.35. The zero-order valence-electron chi connectivity index (χ0n) is 26.8. The second-order valence-electron chi connectivity index (χ2n) is 10.9. The van der Waals surface area contributed by atoms with Gasteiger partial charge in [0.2, 0.25) is 0 Å². The SMILES string of the molecule is CCOC(=O)C1=C(c2ccccc2)N=c2s/c(=C/c3ccc(OCC(=O)N4CCOCC4)c(OC)c3)c(=O)n2[C@@H]1c1ccc(SC)cc1. The van der Waals surface area contributed by atoms with Crippen LogP contribution in [-0.4, -0.2) is 74.2 Å². The Bertz CT molecular complexity index is 2010. The molecular weight excluding hydrogens is 651 g/mol. The van der Waals surface area contributed by atoms with E-state index in [4.69, 9.17) is 23.9 Å². The topological polar surface area (TPSA) is 109 Å². The highest BCUT2D eigenvalue weighted by atomic mass is 32.2. The van der Waals surface area contributed by atoms with E-state index in [-0.39, 0.29) is 24.7 Å². The van der Waals surface area contributed by atoms with Crippen LogP contribution >= 0.6 is 23.1 Å². The first-order valence-electron chi connectivity index (χ1n) is 15.5. The van der Waals surface area contributed by atoms with Crippen molar-refractivity contribution in [3.63, 3.8) is 0 Å². The monoisotopic (exact) mass is 685 g/mol. The molecule has 10 nitrogen and oxygen atoms in total. The number of methoxy groups -OCH3 is 1. The van der Waals surface area contributed by atoms with Crippen molar-refractivity contribution in [1.82, 2.24) is 9.47 Å². The average molecular weight is 686 g/mol. The second kappa shape index (κ2) is 15.1. The van der Waals surface area contributed by atoms with Crippen LogP contribution < -0.4 is 24.4 Å². The quantitative estimate of drug-likeness (QED) is 0.183. The van der Waals surface area contributed by atoms with Gasteiger partial charge in [-0.3, -0.25) is 14.2 Å². The summed E-state index contributed by atoms with van der Waals surface area (Å²) in [4.78, 5) is 48.7. The maximum atomic E-state index is 14.2. The molecule has 4 aromatic rings. The van der Waals surface area contributed by atoms with Crippen LogP contribution in [-0.2, 0) is 19.1 Å². The molecule has 1 saturated heterocycles. The van der Waals surface area contributed by atoms with E-state index in [1.165, 1.54) is 18.4 Å². The van der Waals surface area contributed by atoms with Crippen LogP contribution in [0.1, 0.15) is 29.7 Å². The van der Waals surface area contributed by atoms with Crippen molar-refractivity contribution >= 4 is 46.7 Å². The number of carbonyl (C=O) groups excluding carboxylic acids is 2. The lowest BCUT2D eigenvalue weighted by Crippen LogP contribution is -2.43. The fourth-order valence-electron chi connectivity index (χ4n) is 5.63. The van der Waals surface area contributed by atoms with E-state index in [9.17, 15) is 14.4 Å². The Kier molecular flexibility index (Phi) is 10.4. The molecule has 1 fully saturated rings. The minimum absolute atomic E-state index is 0.125. The second-order valence-corrected chi connectivity index (χ2v) is 12.8. The van der Waals surface area contributed by atoms with Crippen molar-refractivity contribution in [2.24, 2.45) is 4.99 Å². The normalized spacial score (nSPS) is 16.3. The van der Waals surface area contributed by atoms with Gasteiger partial charge in [0.25, 0.3) is 11.5 Å². The largest absolute Gasteiger partial charge is 0.493 e. The number of rotatable bonds is 10. The predicted octanol–water partition coefficient (Wildman–Crippen LogP) is 3.90. The van der Waals surface area contributed by atoms with Crippen molar-refractivity contribution in [2.75, 3.05) is 52.9 Å². The number of hydrogen-bond acceptors (Lipinski definition) is 10. The Hall–Kier alpha value is -4.65. The molecule has 0 spiro atoms. The molecule has 0 bridgehead atoms. The van der Waals surface area contributed by atoms with Crippen LogP contribution in [0.25, 0.3) is 11.8 Å². The Morgan fingerprint density at radius 1 is 1.04 bits per heavy atom. The van der Waals surface area contributed by atoms with Crippen molar-refractivity contribution in [3.8, 4) is 11.5 Å². The molecule has 3 heterocycles. The van der Waals surface area contributed by atoms with Gasteiger partial charge in [-0.25, -0.2) is 9.79 Å². The number of morpholine rings is 1. The number of hydrogen-bond donors (Lipinski definition) is 0. The highest BCUT2D eigenvalue weighted by molar-refractivity contribution is 7.98. The lowest BCUT2D eigenvalue weighted by molar-refractivity contribution is -0.139. The first-order valence-corrected chi connectivity index (χ1v) is 17.5. The van der Waals surface area contributed by atoms with Crippen molar-refractivity contribution in [1.29, 1.82) is 0 Å². The van der Waals surface area contributed by atoms with Crippen molar-refractivity contribution in [3.05, 3.63) is 115 Å². The van der Waals surface area contributed by atoms with E-state index in [1.54, 1.807) is 52.4 Å². The predicted molar refractivity (Wildman–Crippen MR) is 185 cm³/mol. The van der Waals surface area contributed by atoms with Crippen LogP contribution in [0.5, 0.6) is 11.5 Å². The molecule has 248 valence electrons. The lowest BCUT2D eigenvalue weighted by Gasteiger charge is -2.26. The third kappa shape index (κ3) is 6.96. The summed E-state index contributed by atoms with van der Waals surface area (Å²) < 4.78 is 24.3. The summed E-state index contributed by atoms with van der Waals surface area (Å²) in [7, 11) is 1.52. The summed E-state index contributed by atoms with van der Waals surface area (Å²) >= 11 is 2.85. The molecule has 0 unspecified atom stereocenters. The number of amides is 1. The Labute approximate surface area is 285 Å². The van der Waals surface area contributed by atoms with Gasteiger partial charge < -0.3 is 23.8 Å². The van der Waals surface area contributed by atoms with Gasteiger partial charge in [-0.15, -0.1) is 11.8 Å². The summed E-state index contributed by atoms with van der Waals surface area (Å²) in [5, 5.41) is 0. The molecule has 1 amide bonds. The fourth-order valence-corrected chi connectivity index (χ4v) is 7.04. The standard InChI is InChI=1S/C36H35N3O7S2/c1-4-45-35(42)31-32(24-8-6-5-7-9-24)37-36-39(33(31)25-11-13-26(47-3)14-12-25)34(41)29(48-36)21-23-10-15-27(28(20-23)43-2)46-22-30(40)38-16-18-44-19-17-38/h5-15,20-21,33H,4,16-19,22H2,1-3H3/b29-21+/t33-/m1/s1. The van der Waals surface area contributed by atoms with Gasteiger partial charge in [0, 0.05) is 23.5 Å². The molecule has 12 heteroatoms. The number of thioether (sulfide) groups is 1. The van der Waals surface area contributed by atoms with Gasteiger partial charge in [0.15, 0.2) is 22.9 Å². The number of thiazole rings is 1. The van der Waals surface area contributed by atoms with E-state index >= 15 is 0 Å². The van der Waals surface area contributed by atoms with Gasteiger partial charge in [0.1, 0.15) is 0 Å². The van der Waals surface area contributed by atoms with E-state index in [1.807, 2.05) is 60.9 Å². The van der Waals surface area contributed by atoms with Crippen LogP contribution in [0.2, 0.25) is 0 Å². The Morgan fingerprint density at radius 2 is 1.79 bits per heavy atom. The van der Waals surface area contributed by atoms with Gasteiger partial charge in [0.05, 0.1) is 48.8 Å². The molecule has 6 rings (SSSR count). The average Bonchev–Trinajstić information content (AvgIpc) is 3.44. The number of benzene rings is 3. The lowest BCUT2D eigenvalue weighted by atomic mass is 9.93. The molecule has 48 heavy (non-hydrogen) atoms. The van der Waals surface area contributed by atoms with Gasteiger partial charge in [-0.05, 0) is 54.6 Å². The van der Waals surface area contributed by atoms with Gasteiger partial charge >= 0.3 is 5.97 Å². The van der Waals surface area contributed by atoms with Crippen LogP contribution in [0.4, 0.5) is 0 Å². The molecule has 0 N–H and O–H groups in total. The van der Waals surface area contributed by atoms with E-state index in [0.29, 0.717) is 64.0 Å². The molecule has 1 atom stereocenters. The molecule has 1 aromatic heterocycles. The molecule has 2 aliphatic rings. The third-order valence-corrected chi connectivity index (χ3v) is 9.73. The van der Waals surface area contributed by atoms with E-state index in [2.05, 4.69) is 0 Å². The summed E-state index contributed by atoms with van der Waals surface area (Å²) in [5.41, 5.74) is 2.68. The molecule has 3 aromatic carbocycles. The maximum Gasteiger partial charge on any atom is 0.338 e. The molecule has 0 saturated carbocycles. The number of aromatic nitrogens is 1. The van der Waals surface area contributed by atoms with Gasteiger partial charge in [-0.1, -0.05) is 59.9 Å². The number of carbonyl (C=O) groups is 2. The summed E-state index contributed by atoms with van der Waals surface area (Å²) in [6.07, 6.45) is 3.76. The first kappa shape index (κ1) is 33.3. The summed E-state index contributed by atoms with van der Waals surface area (Å²) in [5.74, 6) is 0.188. The van der Waals surface area contributed by atoms with Crippen molar-refractivity contribution < 1.29 is 28.5 Å². The summed E-state index contributed by atoms with van der Waals surface area (Å²) in [6, 6.07) is 21.8. The van der Waals surface area contributed by atoms with Crippen LogP contribution in [0.3, 0.4) is 0 Å². The molecule has 0 radical (unpaired) electrons. The zero-order valence-corrected chi connectivity index (χ0v) is 28.5. The van der Waals surface area contributed by atoms with Crippen LogP contribution in [0, 0.1) is 0 Å².